The molecule has 1 aliphatic heterocycles. The molecule has 0 spiro atoms. The van der Waals surface area contributed by atoms with E-state index in [1.54, 1.807) is 0 Å². The van der Waals surface area contributed by atoms with E-state index in [1.165, 1.54) is 0 Å². The molecule has 1 saturated heterocycles. The van der Waals surface area contributed by atoms with Crippen molar-refractivity contribution >= 4 is 23.6 Å². The second-order valence-corrected chi connectivity index (χ2v) is 5.53. The van der Waals surface area contributed by atoms with Crippen LogP contribution >= 0.6 is 0 Å². The van der Waals surface area contributed by atoms with Gasteiger partial charge in [-0.15, -0.1) is 0 Å². The Bertz CT molecular complexity index is 714. The van der Waals surface area contributed by atoms with Crippen molar-refractivity contribution in [2.75, 3.05) is 17.7 Å². The molecule has 1 aromatic heterocycles. The van der Waals surface area contributed by atoms with Gasteiger partial charge < -0.3 is 20.5 Å². The monoisotopic (exact) mass is 329 g/mol. The molecule has 8 heteroatoms. The van der Waals surface area contributed by atoms with Crippen LogP contribution in [0.4, 0.5) is 17.6 Å². The van der Waals surface area contributed by atoms with Gasteiger partial charge in [0.1, 0.15) is 0 Å². The maximum atomic E-state index is 11.8. The fourth-order valence-corrected chi connectivity index (χ4v) is 2.32. The van der Waals surface area contributed by atoms with Crippen LogP contribution in [-0.4, -0.2) is 33.6 Å². The molecule has 3 N–H and O–H groups in total. The first kappa shape index (κ1) is 16.1. The third kappa shape index (κ3) is 4.17. The molecule has 0 bridgehead atoms. The minimum absolute atomic E-state index is 0.0581. The van der Waals surface area contributed by atoms with Gasteiger partial charge in [0.2, 0.25) is 11.9 Å². The third-order valence-corrected chi connectivity index (χ3v) is 3.54. The number of benzene rings is 1. The number of rotatable bonds is 5. The minimum Gasteiger partial charge on any atom is -0.456 e. The number of nitrogen functional groups attached to an aromatic ring is 1. The molecule has 1 aliphatic rings. The third-order valence-electron chi connectivity index (χ3n) is 3.54. The first-order valence-corrected chi connectivity index (χ1v) is 7.72. The molecule has 3 rings (SSSR count). The van der Waals surface area contributed by atoms with Gasteiger partial charge in [0.05, 0.1) is 0 Å². The molecule has 0 radical (unpaired) electrons. The van der Waals surface area contributed by atoms with Crippen LogP contribution in [-0.2, 0) is 20.9 Å². The number of anilines is 3. The number of nitrogens with zero attached hydrogens (tertiary/aromatic N) is 3. The van der Waals surface area contributed by atoms with Crippen molar-refractivity contribution < 1.29 is 14.3 Å². The predicted molar refractivity (Wildman–Crippen MR) is 87.5 cm³/mol. The lowest BCUT2D eigenvalue weighted by atomic mass is 10.2. The number of hydrogen-bond acceptors (Lipinski definition) is 8. The van der Waals surface area contributed by atoms with Crippen molar-refractivity contribution in [1.82, 2.24) is 15.0 Å². The van der Waals surface area contributed by atoms with E-state index < -0.39 is 12.1 Å². The van der Waals surface area contributed by atoms with E-state index in [0.717, 1.165) is 17.7 Å². The Kier molecular flexibility index (Phi) is 4.85. The number of carbonyl (C=O) groups excluding carboxylic acids is 1. The maximum absolute atomic E-state index is 11.8. The second kappa shape index (κ2) is 7.22. The summed E-state index contributed by atoms with van der Waals surface area (Å²) in [6.07, 6.45) is 1.05. The molecule has 24 heavy (non-hydrogen) atoms. The lowest BCUT2D eigenvalue weighted by Crippen LogP contribution is -2.22. The van der Waals surface area contributed by atoms with Gasteiger partial charge in [-0.05, 0) is 31.9 Å². The zero-order chi connectivity index (χ0) is 16.9. The molecule has 1 aromatic carbocycles. The van der Waals surface area contributed by atoms with E-state index in [9.17, 15) is 4.79 Å². The summed E-state index contributed by atoms with van der Waals surface area (Å²) in [4.78, 5) is 24.1. The quantitative estimate of drug-likeness (QED) is 0.798. The summed E-state index contributed by atoms with van der Waals surface area (Å²) >= 11 is 0. The molecular weight excluding hydrogens is 310 g/mol. The number of ether oxygens (including phenoxy) is 2. The summed E-state index contributed by atoms with van der Waals surface area (Å²) < 4.78 is 10.5. The summed E-state index contributed by atoms with van der Waals surface area (Å²) in [6.45, 7) is 2.52. The molecular formula is C16H19N5O3. The predicted octanol–water partition coefficient (Wildman–Crippen LogP) is 1.73. The number of nitrogens with two attached hydrogens (primary N) is 1. The van der Waals surface area contributed by atoms with Gasteiger partial charge in [0.15, 0.2) is 18.5 Å². The van der Waals surface area contributed by atoms with Gasteiger partial charge in [0, 0.05) is 12.3 Å². The van der Waals surface area contributed by atoms with Crippen LogP contribution in [0.3, 0.4) is 0 Å². The number of esters is 1. The van der Waals surface area contributed by atoms with Crippen LogP contribution < -0.4 is 11.1 Å². The van der Waals surface area contributed by atoms with Gasteiger partial charge >= 0.3 is 5.97 Å². The fourth-order valence-electron chi connectivity index (χ4n) is 2.32. The highest BCUT2D eigenvalue weighted by Crippen LogP contribution is 2.16. The molecule has 126 valence electrons. The largest absolute Gasteiger partial charge is 0.456 e. The minimum atomic E-state index is -0.491. The fraction of sp³-hybridized carbons (Fsp3) is 0.375. The van der Waals surface area contributed by atoms with E-state index >= 15 is 0 Å². The molecule has 8 nitrogen and oxygen atoms in total. The van der Waals surface area contributed by atoms with Crippen LogP contribution in [0.5, 0.6) is 0 Å². The van der Waals surface area contributed by atoms with E-state index in [-0.39, 0.29) is 18.4 Å². The average molecular weight is 329 g/mol. The number of nitrogens with one attached hydrogen (secondary N) is 1. The van der Waals surface area contributed by atoms with Gasteiger partial charge in [-0.1, -0.05) is 17.7 Å². The van der Waals surface area contributed by atoms with Crippen LogP contribution in [0.15, 0.2) is 24.3 Å². The van der Waals surface area contributed by atoms with Crippen molar-refractivity contribution in [2.24, 2.45) is 0 Å². The second-order valence-electron chi connectivity index (χ2n) is 5.53. The zero-order valence-electron chi connectivity index (χ0n) is 13.4. The van der Waals surface area contributed by atoms with Crippen LogP contribution in [0.2, 0.25) is 0 Å². The Labute approximate surface area is 139 Å². The molecule has 0 aliphatic carbocycles. The van der Waals surface area contributed by atoms with Crippen LogP contribution in [0, 0.1) is 6.92 Å². The van der Waals surface area contributed by atoms with Crippen molar-refractivity contribution in [3.63, 3.8) is 0 Å². The van der Waals surface area contributed by atoms with Gasteiger partial charge in [-0.2, -0.15) is 15.0 Å². The number of carbonyl (C=O) groups is 1. The Morgan fingerprint density at radius 2 is 2.12 bits per heavy atom. The molecule has 0 amide bonds. The Morgan fingerprint density at radius 1 is 1.33 bits per heavy atom. The Morgan fingerprint density at radius 3 is 2.83 bits per heavy atom. The SMILES string of the molecule is Cc1ccc(Nc2nc(N)nc(COC(=O)C3CCCO3)n2)cc1. The average Bonchev–Trinajstić information content (AvgIpc) is 3.09. The maximum Gasteiger partial charge on any atom is 0.335 e. The van der Waals surface area contributed by atoms with Crippen molar-refractivity contribution in [1.29, 1.82) is 0 Å². The van der Waals surface area contributed by atoms with Gasteiger partial charge in [-0.3, -0.25) is 0 Å². The zero-order valence-corrected chi connectivity index (χ0v) is 13.4. The smallest absolute Gasteiger partial charge is 0.335 e. The van der Waals surface area contributed by atoms with E-state index in [1.807, 2.05) is 31.2 Å². The summed E-state index contributed by atoms with van der Waals surface area (Å²) in [5.74, 6) is 0.236. The topological polar surface area (TPSA) is 112 Å². The Balaban J connectivity index is 1.64. The molecule has 1 unspecified atom stereocenters. The lowest BCUT2D eigenvalue weighted by Gasteiger charge is -2.10. The van der Waals surface area contributed by atoms with Crippen LogP contribution in [0.25, 0.3) is 0 Å². The van der Waals surface area contributed by atoms with E-state index in [0.29, 0.717) is 19.0 Å². The molecule has 0 saturated carbocycles. The van der Waals surface area contributed by atoms with E-state index in [4.69, 9.17) is 15.2 Å². The van der Waals surface area contributed by atoms with Crippen LogP contribution in [0.1, 0.15) is 24.2 Å². The summed E-state index contributed by atoms with van der Waals surface area (Å²) in [5.41, 5.74) is 7.68. The summed E-state index contributed by atoms with van der Waals surface area (Å²) in [5, 5.41) is 3.05. The molecule has 1 atom stereocenters. The van der Waals surface area contributed by atoms with Crippen molar-refractivity contribution in [3.8, 4) is 0 Å². The highest BCUT2D eigenvalue weighted by Gasteiger charge is 2.25. The van der Waals surface area contributed by atoms with Crippen molar-refractivity contribution in [2.45, 2.75) is 32.5 Å². The first-order chi connectivity index (χ1) is 11.6. The highest BCUT2D eigenvalue weighted by atomic mass is 16.6. The van der Waals surface area contributed by atoms with Crippen molar-refractivity contribution in [3.05, 3.63) is 35.7 Å². The Hall–Kier alpha value is -2.74. The highest BCUT2D eigenvalue weighted by molar-refractivity contribution is 5.74. The lowest BCUT2D eigenvalue weighted by molar-refractivity contribution is -0.155. The molecule has 2 aromatic rings. The number of hydrogen-bond donors (Lipinski definition) is 2. The first-order valence-electron chi connectivity index (χ1n) is 7.72. The molecule has 2 heterocycles. The van der Waals surface area contributed by atoms with Gasteiger partial charge in [-0.25, -0.2) is 4.79 Å². The summed E-state index contributed by atoms with van der Waals surface area (Å²) in [6, 6.07) is 7.76. The van der Waals surface area contributed by atoms with E-state index in [2.05, 4.69) is 20.3 Å². The van der Waals surface area contributed by atoms with Gasteiger partial charge in [0.25, 0.3) is 0 Å². The summed E-state index contributed by atoms with van der Waals surface area (Å²) in [7, 11) is 0. The normalized spacial score (nSPS) is 16.8. The number of aryl methyl sites for hydroxylation is 1. The number of aromatic nitrogens is 3. The standard InChI is InChI=1S/C16H19N5O3/c1-10-4-6-11(7-5-10)18-16-20-13(19-15(17)21-16)9-24-14(22)12-3-2-8-23-12/h4-7,12H,2-3,8-9H2,1H3,(H3,17,18,19,20,21). The molecule has 1 fully saturated rings.